The van der Waals surface area contributed by atoms with Crippen LogP contribution in [0.4, 0.5) is 0 Å². The van der Waals surface area contributed by atoms with Crippen LogP contribution in [-0.2, 0) is 12.8 Å². The van der Waals surface area contributed by atoms with Crippen molar-refractivity contribution in [3.05, 3.63) is 63.1 Å². The number of benzene rings is 2. The smallest absolute Gasteiger partial charge is 0.128 e. The molecule has 2 aromatic rings. The minimum Gasteiger partial charge on any atom is -0.493 e. The van der Waals surface area contributed by atoms with Crippen LogP contribution in [0.1, 0.15) is 22.8 Å². The maximum atomic E-state index is 10.5. The Morgan fingerprint density at radius 3 is 2.80 bits per heavy atom. The summed E-state index contributed by atoms with van der Waals surface area (Å²) < 4.78 is 5.62. The normalized spacial score (nSPS) is 14.8. The zero-order chi connectivity index (χ0) is 14.1. The number of rotatable bonds is 3. The van der Waals surface area contributed by atoms with Crippen LogP contribution in [-0.4, -0.2) is 11.7 Å². The van der Waals surface area contributed by atoms with Gasteiger partial charge in [-0.15, -0.1) is 0 Å². The fourth-order valence-corrected chi connectivity index (χ4v) is 2.99. The molecule has 1 unspecified atom stereocenters. The molecule has 3 rings (SSSR count). The second-order valence-electron chi connectivity index (χ2n) is 4.89. The molecule has 1 heterocycles. The van der Waals surface area contributed by atoms with Gasteiger partial charge < -0.3 is 9.84 Å². The van der Waals surface area contributed by atoms with Crippen LogP contribution in [0, 0.1) is 0 Å². The first kappa shape index (κ1) is 13.7. The summed E-state index contributed by atoms with van der Waals surface area (Å²) in [7, 11) is 0. The monoisotopic (exact) mass is 308 g/mol. The second kappa shape index (κ2) is 5.65. The molecular weight excluding hydrogens is 295 g/mol. The molecule has 1 aliphatic heterocycles. The van der Waals surface area contributed by atoms with Crippen LogP contribution in [0.15, 0.2) is 36.4 Å². The molecule has 0 saturated carbocycles. The maximum absolute atomic E-state index is 10.5. The molecule has 2 nitrogen and oxygen atoms in total. The van der Waals surface area contributed by atoms with E-state index < -0.39 is 6.10 Å². The van der Waals surface area contributed by atoms with Crippen LogP contribution in [0.3, 0.4) is 0 Å². The quantitative estimate of drug-likeness (QED) is 0.920. The lowest BCUT2D eigenvalue weighted by molar-refractivity contribution is 0.173. The Hall–Kier alpha value is -1.22. The first-order valence-electron chi connectivity index (χ1n) is 6.52. The van der Waals surface area contributed by atoms with E-state index in [4.69, 9.17) is 27.9 Å². The molecule has 0 bridgehead atoms. The highest BCUT2D eigenvalue weighted by atomic mass is 35.5. The van der Waals surface area contributed by atoms with Crippen LogP contribution in [0.2, 0.25) is 10.0 Å². The van der Waals surface area contributed by atoms with Crippen molar-refractivity contribution in [3.8, 4) is 5.75 Å². The van der Waals surface area contributed by atoms with Crippen molar-refractivity contribution in [2.75, 3.05) is 6.61 Å². The minimum absolute atomic E-state index is 0.440. The lowest BCUT2D eigenvalue weighted by Gasteiger charge is -2.16. The Morgan fingerprint density at radius 1 is 1.20 bits per heavy atom. The molecule has 2 aromatic carbocycles. The molecular formula is C16H14Cl2O2. The van der Waals surface area contributed by atoms with Gasteiger partial charge in [-0.25, -0.2) is 0 Å². The van der Waals surface area contributed by atoms with Crippen molar-refractivity contribution >= 4 is 23.2 Å². The predicted molar refractivity (Wildman–Crippen MR) is 80.8 cm³/mol. The first-order chi connectivity index (χ1) is 9.65. The van der Waals surface area contributed by atoms with Crippen LogP contribution >= 0.6 is 23.2 Å². The number of fused-ring (bicyclic) bond motifs is 1. The van der Waals surface area contributed by atoms with E-state index in [1.54, 1.807) is 6.07 Å². The number of ether oxygens (including phenoxy) is 1. The molecule has 1 aliphatic rings. The number of hydrogen-bond acceptors (Lipinski definition) is 2. The summed E-state index contributed by atoms with van der Waals surface area (Å²) >= 11 is 12.3. The molecule has 0 aromatic heterocycles. The fraction of sp³-hybridized carbons (Fsp3) is 0.250. The zero-order valence-electron chi connectivity index (χ0n) is 10.8. The average molecular weight is 309 g/mol. The van der Waals surface area contributed by atoms with Gasteiger partial charge in [0.1, 0.15) is 5.75 Å². The topological polar surface area (TPSA) is 29.5 Å². The summed E-state index contributed by atoms with van der Waals surface area (Å²) in [5, 5.41) is 11.8. The van der Waals surface area contributed by atoms with E-state index in [2.05, 4.69) is 0 Å². The van der Waals surface area contributed by atoms with E-state index in [0.717, 1.165) is 28.9 Å². The van der Waals surface area contributed by atoms with Gasteiger partial charge in [-0.05, 0) is 29.3 Å². The molecule has 1 atom stereocenters. The van der Waals surface area contributed by atoms with E-state index >= 15 is 0 Å². The first-order valence-corrected chi connectivity index (χ1v) is 7.27. The van der Waals surface area contributed by atoms with E-state index in [-0.39, 0.29) is 0 Å². The van der Waals surface area contributed by atoms with Crippen LogP contribution in [0.25, 0.3) is 0 Å². The fourth-order valence-electron chi connectivity index (χ4n) is 2.53. The van der Waals surface area contributed by atoms with Crippen molar-refractivity contribution in [1.82, 2.24) is 0 Å². The van der Waals surface area contributed by atoms with Gasteiger partial charge in [0, 0.05) is 28.5 Å². The average Bonchev–Trinajstić information content (AvgIpc) is 2.88. The zero-order valence-corrected chi connectivity index (χ0v) is 12.3. The van der Waals surface area contributed by atoms with Gasteiger partial charge in [0.05, 0.1) is 12.7 Å². The molecule has 4 heteroatoms. The molecule has 0 saturated heterocycles. The second-order valence-corrected chi connectivity index (χ2v) is 5.74. The van der Waals surface area contributed by atoms with E-state index in [9.17, 15) is 5.11 Å². The Labute approximate surface area is 127 Å². The van der Waals surface area contributed by atoms with Gasteiger partial charge in [0.2, 0.25) is 0 Å². The molecule has 0 spiro atoms. The molecule has 0 amide bonds. The lowest BCUT2D eigenvalue weighted by Crippen LogP contribution is -2.04. The number of halogens is 2. The minimum atomic E-state index is -0.680. The van der Waals surface area contributed by atoms with Crippen molar-refractivity contribution in [1.29, 1.82) is 0 Å². The van der Waals surface area contributed by atoms with Gasteiger partial charge in [0.15, 0.2) is 0 Å². The predicted octanol–water partition coefficient (Wildman–Crippen LogP) is 4.20. The van der Waals surface area contributed by atoms with Crippen LogP contribution in [0.5, 0.6) is 5.75 Å². The third-order valence-electron chi connectivity index (χ3n) is 3.51. The van der Waals surface area contributed by atoms with Gasteiger partial charge in [-0.2, -0.15) is 0 Å². The van der Waals surface area contributed by atoms with E-state index in [1.807, 2.05) is 30.3 Å². The Balaban J connectivity index is 1.92. The molecule has 0 radical (unpaired) electrons. The van der Waals surface area contributed by atoms with Crippen molar-refractivity contribution in [3.63, 3.8) is 0 Å². The number of aliphatic hydroxyl groups excluding tert-OH is 1. The molecule has 0 aliphatic carbocycles. The molecule has 104 valence electrons. The summed E-state index contributed by atoms with van der Waals surface area (Å²) in [6, 6.07) is 11.2. The Morgan fingerprint density at radius 2 is 2.00 bits per heavy atom. The van der Waals surface area contributed by atoms with Crippen LogP contribution < -0.4 is 4.74 Å². The number of hydrogen-bond donors (Lipinski definition) is 1. The third-order valence-corrected chi connectivity index (χ3v) is 4.09. The SMILES string of the molecule is OC(Cc1ccccc1Cl)c1cc(Cl)cc2c1OCC2. The van der Waals surface area contributed by atoms with Gasteiger partial charge in [0.25, 0.3) is 0 Å². The van der Waals surface area contributed by atoms with Crippen molar-refractivity contribution in [2.24, 2.45) is 0 Å². The highest BCUT2D eigenvalue weighted by Crippen LogP contribution is 2.37. The van der Waals surface area contributed by atoms with Crippen molar-refractivity contribution in [2.45, 2.75) is 18.9 Å². The summed E-state index contributed by atoms with van der Waals surface area (Å²) in [6.07, 6.45) is 0.595. The summed E-state index contributed by atoms with van der Waals surface area (Å²) in [6.45, 7) is 0.640. The molecule has 0 fully saturated rings. The summed E-state index contributed by atoms with van der Waals surface area (Å²) in [4.78, 5) is 0. The highest BCUT2D eigenvalue weighted by molar-refractivity contribution is 6.31. The van der Waals surface area contributed by atoms with Gasteiger partial charge in [-0.1, -0.05) is 41.4 Å². The summed E-state index contributed by atoms with van der Waals surface area (Å²) in [5.41, 5.74) is 2.71. The third kappa shape index (κ3) is 2.64. The van der Waals surface area contributed by atoms with Crippen molar-refractivity contribution < 1.29 is 9.84 Å². The Kier molecular flexibility index (Phi) is 3.88. The van der Waals surface area contributed by atoms with E-state index in [1.165, 1.54) is 0 Å². The standard InChI is InChI=1S/C16H14Cl2O2/c17-12-7-11-5-6-20-16(11)13(9-12)15(19)8-10-3-1-2-4-14(10)18/h1-4,7,9,15,19H,5-6,8H2. The molecule has 20 heavy (non-hydrogen) atoms. The molecule has 1 N–H and O–H groups in total. The summed E-state index contributed by atoms with van der Waals surface area (Å²) in [5.74, 6) is 0.772. The largest absolute Gasteiger partial charge is 0.493 e. The number of aliphatic hydroxyl groups is 1. The Bertz CT molecular complexity index is 640. The lowest BCUT2D eigenvalue weighted by atomic mass is 9.98. The van der Waals surface area contributed by atoms with E-state index in [0.29, 0.717) is 23.1 Å². The van der Waals surface area contributed by atoms with Gasteiger partial charge >= 0.3 is 0 Å². The maximum Gasteiger partial charge on any atom is 0.128 e. The van der Waals surface area contributed by atoms with Gasteiger partial charge in [-0.3, -0.25) is 0 Å². The highest BCUT2D eigenvalue weighted by Gasteiger charge is 2.22.